The van der Waals surface area contributed by atoms with Crippen molar-refractivity contribution in [1.82, 2.24) is 5.32 Å². The molecule has 3 unspecified atom stereocenters. The molecule has 2 aromatic carbocycles. The zero-order chi connectivity index (χ0) is 19.0. The van der Waals surface area contributed by atoms with Gasteiger partial charge in [-0.15, -0.1) is 0 Å². The molecule has 0 radical (unpaired) electrons. The Morgan fingerprint density at radius 3 is 2.74 bits per heavy atom. The van der Waals surface area contributed by atoms with E-state index in [4.69, 9.17) is 14.2 Å². The maximum Gasteiger partial charge on any atom is 0.228 e. The Hall–Kier alpha value is -2.60. The number of benzene rings is 2. The van der Waals surface area contributed by atoms with Gasteiger partial charge in [-0.2, -0.15) is 0 Å². The highest BCUT2D eigenvalue weighted by molar-refractivity contribution is 5.86. The summed E-state index contributed by atoms with van der Waals surface area (Å²) in [6.45, 7) is 2.89. The van der Waals surface area contributed by atoms with Crippen molar-refractivity contribution >= 4 is 5.91 Å². The number of ether oxygens (including phenoxy) is 3. The highest BCUT2D eigenvalue weighted by Crippen LogP contribution is 2.58. The molecule has 1 aliphatic heterocycles. The molecule has 1 amide bonds. The predicted octanol–water partition coefficient (Wildman–Crippen LogP) is 3.20. The average Bonchev–Trinajstić information content (AvgIpc) is 3.26. The summed E-state index contributed by atoms with van der Waals surface area (Å²) in [5.41, 5.74) is 1.72. The molecule has 0 saturated heterocycles. The Balaban J connectivity index is 1.45. The smallest absolute Gasteiger partial charge is 0.228 e. The van der Waals surface area contributed by atoms with Crippen molar-refractivity contribution in [2.45, 2.75) is 25.0 Å². The van der Waals surface area contributed by atoms with Gasteiger partial charge in [0.1, 0.15) is 23.4 Å². The molecule has 1 heterocycles. The van der Waals surface area contributed by atoms with Crippen LogP contribution in [-0.2, 0) is 9.53 Å². The number of hydrogen-bond acceptors (Lipinski definition) is 4. The molecule has 27 heavy (non-hydrogen) atoms. The Labute approximate surface area is 157 Å². The summed E-state index contributed by atoms with van der Waals surface area (Å²) in [6.07, 6.45) is -0.203. The van der Waals surface area contributed by atoms with Crippen molar-refractivity contribution in [1.29, 1.82) is 0 Å². The first-order chi connectivity index (χ1) is 13.1. The number of halogens is 1. The standard InChI is InChI=1S/C21H22FNO4/c1-3-26-14-7-4-12(5-8-14)16(11-25-2)23-21(24)19-18-15-10-13(22)6-9-17(15)27-20(18)19/h4-10,16,18-20H,3,11H2,1-2H3,(H,23,24)/t16-,18?,19?,20?/m0/s1. The summed E-state index contributed by atoms with van der Waals surface area (Å²) in [7, 11) is 1.60. The minimum Gasteiger partial charge on any atom is -0.494 e. The van der Waals surface area contributed by atoms with E-state index in [9.17, 15) is 9.18 Å². The number of hydrogen-bond donors (Lipinski definition) is 1. The van der Waals surface area contributed by atoms with Crippen molar-refractivity contribution in [2.24, 2.45) is 5.92 Å². The Bertz CT molecular complexity index is 839. The van der Waals surface area contributed by atoms with Gasteiger partial charge in [0.25, 0.3) is 0 Å². The van der Waals surface area contributed by atoms with Gasteiger partial charge in [0.2, 0.25) is 5.91 Å². The molecule has 142 valence electrons. The first-order valence-corrected chi connectivity index (χ1v) is 9.10. The van der Waals surface area contributed by atoms with E-state index in [1.54, 1.807) is 13.2 Å². The number of amides is 1. The zero-order valence-electron chi connectivity index (χ0n) is 15.3. The molecule has 1 saturated carbocycles. The second-order valence-electron chi connectivity index (χ2n) is 6.83. The fourth-order valence-electron chi connectivity index (χ4n) is 3.77. The highest BCUT2D eigenvalue weighted by Gasteiger charge is 2.62. The summed E-state index contributed by atoms with van der Waals surface area (Å²) in [4.78, 5) is 12.8. The summed E-state index contributed by atoms with van der Waals surface area (Å²) in [5.74, 6) is 0.690. The lowest BCUT2D eigenvalue weighted by atomic mass is 10.1. The van der Waals surface area contributed by atoms with E-state index < -0.39 is 0 Å². The molecule has 0 aromatic heterocycles. The van der Waals surface area contributed by atoms with Gasteiger partial charge in [-0.1, -0.05) is 12.1 Å². The molecule has 2 aliphatic rings. The highest BCUT2D eigenvalue weighted by atomic mass is 19.1. The van der Waals surface area contributed by atoms with Crippen molar-refractivity contribution in [2.75, 3.05) is 20.3 Å². The lowest BCUT2D eigenvalue weighted by Gasteiger charge is -2.19. The maximum absolute atomic E-state index is 13.5. The Kier molecular flexibility index (Phi) is 4.74. The number of carbonyl (C=O) groups is 1. The van der Waals surface area contributed by atoms with Gasteiger partial charge in [0, 0.05) is 18.6 Å². The molecule has 0 spiro atoms. The van der Waals surface area contributed by atoms with Crippen LogP contribution in [0.3, 0.4) is 0 Å². The van der Waals surface area contributed by atoms with Crippen LogP contribution >= 0.6 is 0 Å². The molecule has 1 N–H and O–H groups in total. The van der Waals surface area contributed by atoms with E-state index in [1.807, 2.05) is 31.2 Å². The van der Waals surface area contributed by atoms with Gasteiger partial charge in [0.05, 0.1) is 25.2 Å². The van der Waals surface area contributed by atoms with Crippen LogP contribution in [0.2, 0.25) is 0 Å². The number of fused-ring (bicyclic) bond motifs is 3. The van der Waals surface area contributed by atoms with Gasteiger partial charge in [-0.05, 0) is 42.8 Å². The van der Waals surface area contributed by atoms with E-state index in [0.29, 0.717) is 19.0 Å². The molecule has 0 bridgehead atoms. The third-order valence-electron chi connectivity index (χ3n) is 5.09. The summed E-state index contributed by atoms with van der Waals surface area (Å²) < 4.78 is 30.0. The van der Waals surface area contributed by atoms with Crippen LogP contribution in [0.1, 0.15) is 30.0 Å². The average molecular weight is 371 g/mol. The fourth-order valence-corrected chi connectivity index (χ4v) is 3.77. The summed E-state index contributed by atoms with van der Waals surface area (Å²) in [6, 6.07) is 11.8. The van der Waals surface area contributed by atoms with Gasteiger partial charge < -0.3 is 19.5 Å². The first kappa shape index (κ1) is 17.8. The molecular weight excluding hydrogens is 349 g/mol. The van der Waals surface area contributed by atoms with E-state index >= 15 is 0 Å². The number of rotatable bonds is 7. The molecule has 1 aliphatic carbocycles. The van der Waals surface area contributed by atoms with E-state index in [-0.39, 0.29) is 35.7 Å². The van der Waals surface area contributed by atoms with Crippen LogP contribution in [0.4, 0.5) is 4.39 Å². The number of methoxy groups -OCH3 is 1. The van der Waals surface area contributed by atoms with Crippen LogP contribution in [0.5, 0.6) is 11.5 Å². The Morgan fingerprint density at radius 2 is 2.04 bits per heavy atom. The third-order valence-corrected chi connectivity index (χ3v) is 5.09. The van der Waals surface area contributed by atoms with Crippen LogP contribution < -0.4 is 14.8 Å². The minimum absolute atomic E-state index is 0.0702. The van der Waals surface area contributed by atoms with E-state index in [0.717, 1.165) is 16.9 Å². The van der Waals surface area contributed by atoms with Gasteiger partial charge >= 0.3 is 0 Å². The minimum atomic E-state index is -0.310. The lowest BCUT2D eigenvalue weighted by Crippen LogP contribution is -2.34. The third kappa shape index (κ3) is 3.37. The fraction of sp³-hybridized carbons (Fsp3) is 0.381. The normalized spacial score (nSPS) is 23.0. The quantitative estimate of drug-likeness (QED) is 0.812. The summed E-state index contributed by atoms with van der Waals surface area (Å²) >= 11 is 0. The summed E-state index contributed by atoms with van der Waals surface area (Å²) in [5, 5.41) is 3.04. The topological polar surface area (TPSA) is 56.8 Å². The first-order valence-electron chi connectivity index (χ1n) is 9.10. The van der Waals surface area contributed by atoms with E-state index in [2.05, 4.69) is 5.32 Å². The van der Waals surface area contributed by atoms with Crippen molar-refractivity contribution in [3.05, 3.63) is 59.4 Å². The second kappa shape index (κ2) is 7.19. The van der Waals surface area contributed by atoms with E-state index in [1.165, 1.54) is 12.1 Å². The molecule has 1 fully saturated rings. The van der Waals surface area contributed by atoms with Gasteiger partial charge in [0.15, 0.2) is 0 Å². The SMILES string of the molecule is CCOc1ccc([C@H](COC)NC(=O)C2C3Oc4ccc(F)cc4C32)cc1. The van der Waals surface area contributed by atoms with Crippen LogP contribution in [0, 0.1) is 11.7 Å². The molecule has 5 nitrogen and oxygen atoms in total. The second-order valence-corrected chi connectivity index (χ2v) is 6.83. The van der Waals surface area contributed by atoms with Crippen molar-refractivity contribution in [3.8, 4) is 11.5 Å². The maximum atomic E-state index is 13.5. The Morgan fingerprint density at radius 1 is 1.26 bits per heavy atom. The van der Waals surface area contributed by atoms with Crippen LogP contribution in [-0.4, -0.2) is 32.3 Å². The van der Waals surface area contributed by atoms with Crippen LogP contribution in [0.25, 0.3) is 0 Å². The number of carbonyl (C=O) groups excluding carboxylic acids is 1. The zero-order valence-corrected chi connectivity index (χ0v) is 15.3. The molecule has 4 rings (SSSR count). The molecular formula is C21H22FNO4. The number of nitrogens with one attached hydrogen (secondary N) is 1. The van der Waals surface area contributed by atoms with Crippen LogP contribution in [0.15, 0.2) is 42.5 Å². The van der Waals surface area contributed by atoms with Crippen molar-refractivity contribution < 1.29 is 23.4 Å². The van der Waals surface area contributed by atoms with Gasteiger partial charge in [-0.3, -0.25) is 4.79 Å². The monoisotopic (exact) mass is 371 g/mol. The van der Waals surface area contributed by atoms with Gasteiger partial charge in [-0.25, -0.2) is 4.39 Å². The molecule has 6 heteroatoms. The predicted molar refractivity (Wildman–Crippen MR) is 97.4 cm³/mol. The molecule has 2 aromatic rings. The lowest BCUT2D eigenvalue weighted by molar-refractivity contribution is -0.124. The molecule has 4 atom stereocenters. The largest absolute Gasteiger partial charge is 0.494 e. The van der Waals surface area contributed by atoms with Crippen molar-refractivity contribution in [3.63, 3.8) is 0 Å².